The van der Waals surface area contributed by atoms with Crippen LogP contribution in [0.25, 0.3) is 22.2 Å². The van der Waals surface area contributed by atoms with Crippen LogP contribution in [-0.2, 0) is 10.3 Å². The first-order valence-corrected chi connectivity index (χ1v) is 14.5. The van der Waals surface area contributed by atoms with Crippen molar-refractivity contribution in [2.45, 2.75) is 76.6 Å². The van der Waals surface area contributed by atoms with E-state index >= 15 is 0 Å². The Labute approximate surface area is 254 Å². The zero-order valence-electron chi connectivity index (χ0n) is 27.6. The average molecular weight is 578 g/mol. The number of nitrogens with zero attached hydrogens (tertiary/aromatic N) is 5. The summed E-state index contributed by atoms with van der Waals surface area (Å²) in [6.45, 7) is 4.56. The summed E-state index contributed by atoms with van der Waals surface area (Å²) >= 11 is 0. The van der Waals surface area contributed by atoms with Gasteiger partial charge in [0.05, 0.1) is 23.1 Å². The average Bonchev–Trinajstić information content (AvgIpc) is 3.46. The third kappa shape index (κ3) is 4.35. The number of imidazole rings is 1. The van der Waals surface area contributed by atoms with Gasteiger partial charge in [-0.05, 0) is 76.8 Å². The quantitative estimate of drug-likeness (QED) is 0.305. The van der Waals surface area contributed by atoms with Crippen LogP contribution < -0.4 is 5.32 Å². The van der Waals surface area contributed by atoms with Gasteiger partial charge in [0.2, 0.25) is 0 Å². The summed E-state index contributed by atoms with van der Waals surface area (Å²) in [5.74, 6) is 6.62. The minimum atomic E-state index is -2.66. The summed E-state index contributed by atoms with van der Waals surface area (Å²) in [6.07, 6.45) is 5.80. The van der Waals surface area contributed by atoms with Crippen LogP contribution in [0, 0.1) is 11.8 Å². The Morgan fingerprint density at radius 1 is 1.14 bits per heavy atom. The number of amides is 2. The van der Waals surface area contributed by atoms with E-state index in [9.17, 15) is 9.59 Å². The summed E-state index contributed by atoms with van der Waals surface area (Å²) in [6, 6.07) is 10.1. The van der Waals surface area contributed by atoms with Gasteiger partial charge in [0.15, 0.2) is 5.82 Å². The van der Waals surface area contributed by atoms with Crippen LogP contribution in [0.4, 0.5) is 4.79 Å². The van der Waals surface area contributed by atoms with Gasteiger partial charge in [0, 0.05) is 52.2 Å². The molecule has 0 spiro atoms. The number of alkyl carbamates (subject to hydrolysis) is 1. The Morgan fingerprint density at radius 2 is 1.93 bits per heavy atom. The lowest BCUT2D eigenvalue weighted by atomic mass is 9.76. The Bertz CT molecular complexity index is 1960. The zero-order valence-corrected chi connectivity index (χ0v) is 24.6. The predicted octanol–water partition coefficient (Wildman–Crippen LogP) is 5.89. The van der Waals surface area contributed by atoms with Crippen molar-refractivity contribution in [2.24, 2.45) is 0 Å². The highest BCUT2D eigenvalue weighted by molar-refractivity contribution is 5.98. The maximum Gasteiger partial charge on any atom is 0.408 e. The lowest BCUT2D eigenvalue weighted by Gasteiger charge is -2.41. The number of hydrogen-bond acceptors (Lipinski definition) is 6. The molecule has 2 aliphatic heterocycles. The van der Waals surface area contributed by atoms with Crippen molar-refractivity contribution in [1.82, 2.24) is 29.7 Å². The molecule has 0 unspecified atom stereocenters. The van der Waals surface area contributed by atoms with Crippen LogP contribution in [0.15, 0.2) is 48.8 Å². The highest BCUT2D eigenvalue weighted by Crippen LogP contribution is 2.48. The molecule has 4 heterocycles. The van der Waals surface area contributed by atoms with Crippen molar-refractivity contribution >= 4 is 23.0 Å². The Kier molecular flexibility index (Phi) is 5.35. The molecule has 1 N–H and O–H groups in total. The standard InChI is InChI=1S/C34H34N6O3/c1-6-9-20-10-7-11-23-28(20)26-17-27(39(5)30(23)41)29-37-24-13-12-21(16-25(24)40(26)29)22-18-35-31(36-19-22)34(14-8-15-34)38-32(42)43-33(2,3)4/h7,10-13,16,18-19,26-27H,8,14-15,17H2,1-5H3,(H,38,42)/t26-,27-/m1/s1/i5D3. The van der Waals surface area contributed by atoms with Gasteiger partial charge in [-0.2, -0.15) is 0 Å². The molecule has 4 aromatic rings. The van der Waals surface area contributed by atoms with Gasteiger partial charge in [0.1, 0.15) is 17.0 Å². The van der Waals surface area contributed by atoms with E-state index in [-0.39, 0.29) is 6.04 Å². The third-order valence-electron chi connectivity index (χ3n) is 8.59. The van der Waals surface area contributed by atoms with Crippen molar-refractivity contribution in [3.05, 3.63) is 77.1 Å². The third-order valence-corrected chi connectivity index (χ3v) is 8.59. The number of nitrogens with one attached hydrogen (secondary N) is 1. The number of fused-ring (bicyclic) bond motifs is 9. The lowest BCUT2D eigenvalue weighted by molar-refractivity contribution is 0.0364. The topological polar surface area (TPSA) is 102 Å². The van der Waals surface area contributed by atoms with Crippen molar-refractivity contribution in [3.63, 3.8) is 0 Å². The van der Waals surface area contributed by atoms with Gasteiger partial charge in [-0.1, -0.05) is 18.1 Å². The molecule has 1 saturated carbocycles. The first kappa shape index (κ1) is 23.8. The van der Waals surface area contributed by atoms with Crippen LogP contribution in [0.1, 0.15) is 103 Å². The summed E-state index contributed by atoms with van der Waals surface area (Å²) in [4.78, 5) is 41.6. The normalized spacial score (nSPS) is 21.3. The van der Waals surface area contributed by atoms with Gasteiger partial charge >= 0.3 is 6.09 Å². The maximum atomic E-state index is 13.8. The van der Waals surface area contributed by atoms with Crippen LogP contribution in [-0.4, -0.2) is 49.0 Å². The molecule has 43 heavy (non-hydrogen) atoms. The first-order valence-electron chi connectivity index (χ1n) is 16.0. The molecule has 0 saturated heterocycles. The van der Waals surface area contributed by atoms with Gasteiger partial charge in [0.25, 0.3) is 5.91 Å². The van der Waals surface area contributed by atoms with E-state index in [2.05, 4.69) is 31.7 Å². The first-order chi connectivity index (χ1) is 21.8. The molecule has 2 atom stereocenters. The molecule has 2 amide bonds. The van der Waals surface area contributed by atoms with Gasteiger partial charge in [-0.25, -0.2) is 19.7 Å². The number of ether oxygens (including phenoxy) is 1. The van der Waals surface area contributed by atoms with E-state index in [0.29, 0.717) is 34.7 Å². The second-order valence-corrected chi connectivity index (χ2v) is 12.5. The largest absolute Gasteiger partial charge is 0.444 e. The van der Waals surface area contributed by atoms with Crippen LogP contribution in [0.3, 0.4) is 0 Å². The van der Waals surface area contributed by atoms with Crippen molar-refractivity contribution in [1.29, 1.82) is 0 Å². The summed E-state index contributed by atoms with van der Waals surface area (Å²) in [5.41, 5.74) is 3.64. The Hall–Kier alpha value is -4.71. The van der Waals surface area contributed by atoms with Crippen molar-refractivity contribution in [3.8, 4) is 23.0 Å². The number of carbonyl (C=O) groups excluding carboxylic acids is 2. The molecular formula is C34H34N6O3. The van der Waals surface area contributed by atoms with E-state index < -0.39 is 36.2 Å². The molecule has 2 aromatic carbocycles. The van der Waals surface area contributed by atoms with Gasteiger partial charge in [-0.3, -0.25) is 4.79 Å². The molecule has 218 valence electrons. The van der Waals surface area contributed by atoms with Crippen LogP contribution in [0.5, 0.6) is 0 Å². The molecule has 9 nitrogen and oxygen atoms in total. The van der Waals surface area contributed by atoms with E-state index in [0.717, 1.165) is 46.4 Å². The number of carbonyl (C=O) groups is 2. The smallest absolute Gasteiger partial charge is 0.408 e. The molecule has 1 aliphatic carbocycles. The number of aromatic nitrogens is 4. The monoisotopic (exact) mass is 577 g/mol. The SMILES string of the molecule is [2H]C([2H])([2H])N1C(=O)c2cccc(C#CC)c2[C@H]2C[C@@H]1c1nc3ccc(-c4cnc(C5(NC(=O)OC(C)(C)C)CCC5)nc4)cc3n12. The summed E-state index contributed by atoms with van der Waals surface area (Å²) in [5, 5.41) is 3.00. The Morgan fingerprint density at radius 3 is 2.60 bits per heavy atom. The van der Waals surface area contributed by atoms with E-state index in [1.54, 1.807) is 31.5 Å². The van der Waals surface area contributed by atoms with E-state index in [4.69, 9.17) is 13.8 Å². The molecule has 7 rings (SSSR count). The highest BCUT2D eigenvalue weighted by atomic mass is 16.6. The van der Waals surface area contributed by atoms with Gasteiger partial charge in [-0.15, -0.1) is 5.92 Å². The fourth-order valence-electron chi connectivity index (χ4n) is 6.53. The minimum Gasteiger partial charge on any atom is -0.444 e. The second-order valence-electron chi connectivity index (χ2n) is 12.5. The molecule has 3 aliphatic rings. The zero-order chi connectivity index (χ0) is 32.6. The fraction of sp³-hybridized carbons (Fsp3) is 0.382. The molecular weight excluding hydrogens is 540 g/mol. The van der Waals surface area contributed by atoms with E-state index in [1.165, 1.54) is 0 Å². The van der Waals surface area contributed by atoms with Crippen LogP contribution >= 0.6 is 0 Å². The van der Waals surface area contributed by atoms with Crippen molar-refractivity contribution in [2.75, 3.05) is 6.98 Å². The summed E-state index contributed by atoms with van der Waals surface area (Å²) < 4.78 is 32.4. The fourth-order valence-corrected chi connectivity index (χ4v) is 6.53. The van der Waals surface area contributed by atoms with Gasteiger partial charge < -0.3 is 19.5 Å². The Balaban J connectivity index is 1.29. The molecule has 1 fully saturated rings. The number of hydrogen-bond donors (Lipinski definition) is 1. The van der Waals surface area contributed by atoms with Crippen molar-refractivity contribution < 1.29 is 18.4 Å². The molecule has 2 aromatic heterocycles. The number of benzene rings is 2. The molecule has 2 bridgehead atoms. The lowest BCUT2D eigenvalue weighted by Crippen LogP contribution is -2.53. The van der Waals surface area contributed by atoms with Crippen LogP contribution in [0.2, 0.25) is 0 Å². The van der Waals surface area contributed by atoms with E-state index in [1.807, 2.05) is 45.0 Å². The molecule has 0 radical (unpaired) electrons. The minimum absolute atomic E-state index is 0.334. The molecule has 9 heteroatoms. The predicted molar refractivity (Wildman–Crippen MR) is 162 cm³/mol. The summed E-state index contributed by atoms with van der Waals surface area (Å²) in [7, 11) is 0. The second kappa shape index (κ2) is 9.66. The highest BCUT2D eigenvalue weighted by Gasteiger charge is 2.45. The maximum absolute atomic E-state index is 13.8. The number of rotatable bonds is 3.